The van der Waals surface area contributed by atoms with Gasteiger partial charge in [0.1, 0.15) is 6.10 Å². The number of benzene rings is 1. The Hall–Kier alpha value is -1.69. The molecule has 2 aromatic rings. The molecule has 0 fully saturated rings. The molecule has 2 rings (SSSR count). The average molecular weight is 262 g/mol. The molecule has 1 heterocycles. The third-order valence-electron chi connectivity index (χ3n) is 3.03. The Morgan fingerprint density at radius 3 is 2.53 bits per heavy atom. The van der Waals surface area contributed by atoms with Crippen molar-refractivity contribution in [2.45, 2.75) is 18.6 Å². The second kappa shape index (κ2) is 6.47. The number of hydrogen-bond donors (Lipinski definition) is 3. The summed E-state index contributed by atoms with van der Waals surface area (Å²) in [5.41, 5.74) is 1.57. The first-order valence-corrected chi connectivity index (χ1v) is 6.24. The van der Waals surface area contributed by atoms with Gasteiger partial charge in [0.25, 0.3) is 0 Å². The van der Waals surface area contributed by atoms with Gasteiger partial charge in [0.15, 0.2) is 5.76 Å². The molecule has 2 atom stereocenters. The van der Waals surface area contributed by atoms with E-state index in [-0.39, 0.29) is 0 Å². The van der Waals surface area contributed by atoms with E-state index >= 15 is 0 Å². The highest BCUT2D eigenvalue weighted by molar-refractivity contribution is 5.56. The van der Waals surface area contributed by atoms with E-state index in [0.717, 1.165) is 5.56 Å². The summed E-state index contributed by atoms with van der Waals surface area (Å²) in [4.78, 5) is 0. The summed E-state index contributed by atoms with van der Waals surface area (Å²) in [7, 11) is 1.81. The van der Waals surface area contributed by atoms with E-state index in [0.29, 0.717) is 24.3 Å². The van der Waals surface area contributed by atoms with Gasteiger partial charge < -0.3 is 20.1 Å². The van der Waals surface area contributed by atoms with Crippen molar-refractivity contribution in [2.75, 3.05) is 13.6 Å². The minimum Gasteiger partial charge on any atom is -0.390 e. The molecule has 2 unspecified atom stereocenters. The quantitative estimate of drug-likeness (QED) is 0.732. The fourth-order valence-corrected chi connectivity index (χ4v) is 1.88. The van der Waals surface area contributed by atoms with Crippen LogP contribution in [0.5, 0.6) is 0 Å². The van der Waals surface area contributed by atoms with Crippen LogP contribution >= 0.6 is 0 Å². The van der Waals surface area contributed by atoms with Gasteiger partial charge in [0.05, 0.1) is 12.3 Å². The number of nitrogens with one attached hydrogen (secondary N) is 1. The predicted octanol–water partition coefficient (Wildman–Crippen LogP) is 1.35. The Morgan fingerprint density at radius 1 is 1.21 bits per heavy atom. The number of aromatic nitrogens is 1. The van der Waals surface area contributed by atoms with Gasteiger partial charge >= 0.3 is 0 Å². The minimum absolute atomic E-state index is 0.502. The molecule has 3 N–H and O–H groups in total. The van der Waals surface area contributed by atoms with Crippen LogP contribution in [0.4, 0.5) is 0 Å². The number of nitrogens with zero attached hydrogens (tertiary/aromatic N) is 1. The van der Waals surface area contributed by atoms with Gasteiger partial charge in [-0.15, -0.1) is 0 Å². The second-order valence-corrected chi connectivity index (χ2v) is 4.40. The fraction of sp³-hybridized carbons (Fsp3) is 0.357. The van der Waals surface area contributed by atoms with Crippen LogP contribution in [0.3, 0.4) is 0 Å². The molecule has 0 saturated carbocycles. The first-order valence-electron chi connectivity index (χ1n) is 6.24. The lowest BCUT2D eigenvalue weighted by Crippen LogP contribution is -2.23. The van der Waals surface area contributed by atoms with Crippen molar-refractivity contribution in [1.29, 1.82) is 0 Å². The van der Waals surface area contributed by atoms with Crippen LogP contribution in [-0.4, -0.2) is 35.1 Å². The van der Waals surface area contributed by atoms with Crippen molar-refractivity contribution in [2.24, 2.45) is 0 Å². The lowest BCUT2D eigenvalue weighted by atomic mass is 10.0. The van der Waals surface area contributed by atoms with Crippen molar-refractivity contribution in [3.8, 4) is 11.3 Å². The zero-order valence-electron chi connectivity index (χ0n) is 10.8. The molecule has 0 spiro atoms. The Morgan fingerprint density at radius 2 is 1.95 bits per heavy atom. The van der Waals surface area contributed by atoms with Crippen LogP contribution in [0.25, 0.3) is 11.3 Å². The Kier molecular flexibility index (Phi) is 4.68. The highest BCUT2D eigenvalue weighted by Gasteiger charge is 2.17. The van der Waals surface area contributed by atoms with Crippen molar-refractivity contribution in [3.63, 3.8) is 0 Å². The van der Waals surface area contributed by atoms with Crippen LogP contribution in [0.2, 0.25) is 0 Å². The fourth-order valence-electron chi connectivity index (χ4n) is 1.88. The zero-order chi connectivity index (χ0) is 13.7. The summed E-state index contributed by atoms with van der Waals surface area (Å²) in [6, 6.07) is 9.01. The van der Waals surface area contributed by atoms with Crippen LogP contribution < -0.4 is 5.32 Å². The standard InChI is InChI=1S/C14H18N2O3/c1-15-8-6-12(17)14(18)11-4-2-10(3-5-11)13-7-9-16-19-13/h2-5,7,9,12,14-15,17-18H,6,8H2,1H3. The lowest BCUT2D eigenvalue weighted by molar-refractivity contribution is 0.0140. The molecule has 19 heavy (non-hydrogen) atoms. The topological polar surface area (TPSA) is 78.5 Å². The zero-order valence-corrected chi connectivity index (χ0v) is 10.8. The largest absolute Gasteiger partial charge is 0.390 e. The summed E-state index contributed by atoms with van der Waals surface area (Å²) < 4.78 is 5.05. The maximum absolute atomic E-state index is 10.0. The van der Waals surface area contributed by atoms with Crippen molar-refractivity contribution in [1.82, 2.24) is 10.5 Å². The summed E-state index contributed by atoms with van der Waals surface area (Å²) in [5.74, 6) is 0.678. The lowest BCUT2D eigenvalue weighted by Gasteiger charge is -2.18. The normalized spacial score (nSPS) is 14.3. The van der Waals surface area contributed by atoms with E-state index in [4.69, 9.17) is 4.52 Å². The number of hydrogen-bond acceptors (Lipinski definition) is 5. The molecule has 0 aliphatic rings. The van der Waals surface area contributed by atoms with Gasteiger partial charge in [-0.25, -0.2) is 0 Å². The molecule has 1 aromatic heterocycles. The summed E-state index contributed by atoms with van der Waals surface area (Å²) in [6.07, 6.45) is 0.432. The van der Waals surface area contributed by atoms with Gasteiger partial charge in [0, 0.05) is 11.6 Å². The van der Waals surface area contributed by atoms with E-state index in [2.05, 4.69) is 10.5 Å². The molecule has 0 saturated heterocycles. The monoisotopic (exact) mass is 262 g/mol. The molecule has 1 aromatic carbocycles. The van der Waals surface area contributed by atoms with Crippen molar-refractivity contribution >= 4 is 0 Å². The number of aliphatic hydroxyl groups excluding tert-OH is 2. The molecule has 0 amide bonds. The molecule has 0 radical (unpaired) electrons. The molecule has 0 aliphatic heterocycles. The summed E-state index contributed by atoms with van der Waals surface area (Å²) in [5, 5.41) is 26.4. The van der Waals surface area contributed by atoms with Crippen molar-refractivity contribution in [3.05, 3.63) is 42.1 Å². The summed E-state index contributed by atoms with van der Waals surface area (Å²) >= 11 is 0. The second-order valence-electron chi connectivity index (χ2n) is 4.40. The average Bonchev–Trinajstić information content (AvgIpc) is 2.98. The maximum atomic E-state index is 10.0. The first-order chi connectivity index (χ1) is 9.22. The van der Waals surface area contributed by atoms with Gasteiger partial charge in [0.2, 0.25) is 0 Å². The molecule has 102 valence electrons. The third kappa shape index (κ3) is 3.41. The molecular weight excluding hydrogens is 244 g/mol. The van der Waals surface area contributed by atoms with Crippen LogP contribution in [-0.2, 0) is 0 Å². The van der Waals surface area contributed by atoms with Crippen LogP contribution in [0.1, 0.15) is 18.1 Å². The molecule has 0 bridgehead atoms. The Bertz CT molecular complexity index is 482. The smallest absolute Gasteiger partial charge is 0.166 e. The Balaban J connectivity index is 2.05. The number of rotatable bonds is 6. The van der Waals surface area contributed by atoms with E-state index in [1.807, 2.05) is 19.2 Å². The highest BCUT2D eigenvalue weighted by Crippen LogP contribution is 2.23. The van der Waals surface area contributed by atoms with E-state index in [9.17, 15) is 10.2 Å². The Labute approximate surface area is 111 Å². The molecule has 0 aliphatic carbocycles. The van der Waals surface area contributed by atoms with Crippen LogP contribution in [0, 0.1) is 0 Å². The van der Waals surface area contributed by atoms with Gasteiger partial charge in [-0.05, 0) is 25.6 Å². The van der Waals surface area contributed by atoms with E-state index < -0.39 is 12.2 Å². The van der Waals surface area contributed by atoms with Crippen molar-refractivity contribution < 1.29 is 14.7 Å². The van der Waals surface area contributed by atoms with E-state index in [1.165, 1.54) is 0 Å². The summed E-state index contributed by atoms with van der Waals surface area (Å²) in [6.45, 7) is 0.661. The SMILES string of the molecule is CNCCC(O)C(O)c1ccc(-c2ccno2)cc1. The molecular formula is C14H18N2O3. The van der Waals surface area contributed by atoms with Gasteiger partial charge in [-0.2, -0.15) is 0 Å². The first kappa shape index (κ1) is 13.7. The third-order valence-corrected chi connectivity index (χ3v) is 3.03. The molecule has 5 heteroatoms. The van der Waals surface area contributed by atoms with Gasteiger partial charge in [-0.1, -0.05) is 29.4 Å². The van der Waals surface area contributed by atoms with Gasteiger partial charge in [-0.3, -0.25) is 0 Å². The number of aliphatic hydroxyl groups is 2. The predicted molar refractivity (Wildman–Crippen MR) is 71.4 cm³/mol. The van der Waals surface area contributed by atoms with E-state index in [1.54, 1.807) is 24.4 Å². The minimum atomic E-state index is -0.878. The van der Waals surface area contributed by atoms with Crippen LogP contribution in [0.15, 0.2) is 41.1 Å². The maximum Gasteiger partial charge on any atom is 0.166 e. The highest BCUT2D eigenvalue weighted by atomic mass is 16.5. The molecule has 5 nitrogen and oxygen atoms in total.